The minimum atomic E-state index is -2.72. The highest BCUT2D eigenvalue weighted by Gasteiger charge is 2.17. The fourth-order valence-electron chi connectivity index (χ4n) is 2.96. The summed E-state index contributed by atoms with van der Waals surface area (Å²) in [5.74, 6) is -0.0984. The number of rotatable bonds is 3. The van der Waals surface area contributed by atoms with E-state index in [9.17, 15) is 13.2 Å². The van der Waals surface area contributed by atoms with Crippen molar-refractivity contribution in [2.45, 2.75) is 13.3 Å². The number of nitrogens with one attached hydrogen (secondary N) is 2. The Balaban J connectivity index is 1.91. The third-order valence-electron chi connectivity index (χ3n) is 4.23. The third-order valence-corrected chi connectivity index (χ3v) is 4.23. The van der Waals surface area contributed by atoms with Crippen molar-refractivity contribution in [2.75, 3.05) is 5.73 Å². The molecule has 4 N–H and O–H groups in total. The van der Waals surface area contributed by atoms with Crippen molar-refractivity contribution in [3.05, 3.63) is 65.9 Å². The van der Waals surface area contributed by atoms with Crippen LogP contribution in [0.25, 0.3) is 28.1 Å². The Hall–Kier alpha value is -3.82. The Morgan fingerprint density at radius 2 is 1.86 bits per heavy atom. The van der Waals surface area contributed by atoms with Gasteiger partial charge in [0.1, 0.15) is 17.3 Å². The van der Waals surface area contributed by atoms with Gasteiger partial charge in [0.2, 0.25) is 0 Å². The van der Waals surface area contributed by atoms with E-state index in [1.807, 2.05) is 0 Å². The minimum absolute atomic E-state index is 0.118. The summed E-state index contributed by atoms with van der Waals surface area (Å²) in [4.78, 5) is 7.17. The Kier molecular flexibility index (Phi) is 4.67. The number of aromatic nitrogens is 6. The summed E-state index contributed by atoms with van der Waals surface area (Å²) in [7, 11) is 0. The predicted molar refractivity (Wildman–Crippen MR) is 102 cm³/mol. The van der Waals surface area contributed by atoms with Gasteiger partial charge in [0.15, 0.2) is 11.5 Å². The lowest BCUT2D eigenvalue weighted by atomic mass is 10.1. The van der Waals surface area contributed by atoms with Crippen LogP contribution < -0.4 is 5.73 Å². The number of benzene rings is 1. The minimum Gasteiger partial charge on any atom is -0.385 e. The van der Waals surface area contributed by atoms with E-state index in [4.69, 9.17) is 5.73 Å². The van der Waals surface area contributed by atoms with Gasteiger partial charge in [0, 0.05) is 23.2 Å². The lowest BCUT2D eigenvalue weighted by Gasteiger charge is -2.04. The molecule has 0 spiro atoms. The molecule has 4 rings (SSSR count). The van der Waals surface area contributed by atoms with Crippen LogP contribution in [-0.4, -0.2) is 29.9 Å². The molecule has 10 heteroatoms. The Morgan fingerprint density at radius 3 is 2.59 bits per heavy atom. The first kappa shape index (κ1) is 18.5. The van der Waals surface area contributed by atoms with Crippen molar-refractivity contribution >= 4 is 16.9 Å². The summed E-state index contributed by atoms with van der Waals surface area (Å²) in [5, 5.41) is 11.8. The maximum absolute atomic E-state index is 13.3. The molecule has 0 bridgehead atoms. The van der Waals surface area contributed by atoms with Gasteiger partial charge in [-0.1, -0.05) is 0 Å². The van der Waals surface area contributed by atoms with Crippen LogP contribution in [0.5, 0.6) is 0 Å². The van der Waals surface area contributed by atoms with Crippen LogP contribution >= 0.6 is 0 Å². The van der Waals surface area contributed by atoms with E-state index in [1.54, 1.807) is 25.1 Å². The summed E-state index contributed by atoms with van der Waals surface area (Å²) in [6.07, 6.45) is -1.28. The number of alkyl halides is 2. The second-order valence-corrected chi connectivity index (χ2v) is 6.32. The number of nitrogen functional groups attached to an aromatic ring is 1. The summed E-state index contributed by atoms with van der Waals surface area (Å²) in [6, 6.07) is 10.2. The van der Waals surface area contributed by atoms with Crippen LogP contribution in [0.15, 0.2) is 48.7 Å². The number of H-pyrrole nitrogens is 2. The Labute approximate surface area is 162 Å². The fraction of sp³-hybridized carbons (Fsp3) is 0.105. The van der Waals surface area contributed by atoms with Crippen molar-refractivity contribution < 1.29 is 13.2 Å². The van der Waals surface area contributed by atoms with Gasteiger partial charge < -0.3 is 10.7 Å². The number of hydrogen-bond donors (Lipinski definition) is 3. The van der Waals surface area contributed by atoms with Crippen LogP contribution in [0.2, 0.25) is 0 Å². The van der Waals surface area contributed by atoms with Gasteiger partial charge in [0.25, 0.3) is 6.43 Å². The second kappa shape index (κ2) is 7.30. The third kappa shape index (κ3) is 3.64. The molecule has 148 valence electrons. The number of nitrogens with zero attached hydrogens (tertiary/aromatic N) is 4. The molecular formula is C19H16F3N7. The Morgan fingerprint density at radius 1 is 1.10 bits per heavy atom. The molecule has 1 aromatic carbocycles. The molecule has 0 saturated carbocycles. The normalized spacial score (nSPS) is 11.2. The first-order valence-electron chi connectivity index (χ1n) is 8.60. The largest absolute Gasteiger partial charge is 0.385 e. The number of fused-ring (bicyclic) bond motifs is 1. The molecule has 29 heavy (non-hydrogen) atoms. The standard InChI is InChI=1S/C19H16F3N7/c1-10-8-14(18(21)22)29(28-10)16-9-15(23)25-19-13(6-7-24-16)17(26-27-19)11-2-4-12(20)5-3-11/h2-9,18H,23H2,1H3,(H2,25,26,27). The van der Waals surface area contributed by atoms with E-state index in [2.05, 4.69) is 25.3 Å². The lowest BCUT2D eigenvalue weighted by Crippen LogP contribution is -2.04. The van der Waals surface area contributed by atoms with Crippen LogP contribution in [0.1, 0.15) is 17.8 Å². The Bertz CT molecular complexity index is 1220. The molecule has 3 heterocycles. The van der Waals surface area contributed by atoms with Crippen molar-refractivity contribution in [3.8, 4) is 17.1 Å². The molecular weight excluding hydrogens is 383 g/mol. The SMILES string of the molecule is Cc1cc(C(F)F)n(-c2cc(N)[nH]c3n[nH]c(-c4ccc(F)cc4)c3ccn2)n1. The second-order valence-electron chi connectivity index (χ2n) is 6.32. The molecule has 0 aliphatic heterocycles. The van der Waals surface area contributed by atoms with Crippen molar-refractivity contribution in [1.82, 2.24) is 29.9 Å². The average Bonchev–Trinajstić information content (AvgIpc) is 3.26. The van der Waals surface area contributed by atoms with Crippen LogP contribution in [0.3, 0.4) is 0 Å². The van der Waals surface area contributed by atoms with Gasteiger partial charge in [0.05, 0.1) is 11.4 Å². The quantitative estimate of drug-likeness (QED) is 0.480. The van der Waals surface area contributed by atoms with Crippen molar-refractivity contribution in [3.63, 3.8) is 0 Å². The summed E-state index contributed by atoms with van der Waals surface area (Å²) in [5.41, 5.74) is 7.91. The number of aryl methyl sites for hydroxylation is 1. The molecule has 7 nitrogen and oxygen atoms in total. The number of aromatic amines is 2. The average molecular weight is 399 g/mol. The maximum atomic E-state index is 13.3. The number of nitrogens with two attached hydrogens (primary N) is 1. The molecule has 0 atom stereocenters. The van der Waals surface area contributed by atoms with Gasteiger partial charge >= 0.3 is 0 Å². The zero-order valence-corrected chi connectivity index (χ0v) is 15.2. The summed E-state index contributed by atoms with van der Waals surface area (Å²) >= 11 is 0. The van der Waals surface area contributed by atoms with Gasteiger partial charge in [-0.3, -0.25) is 5.10 Å². The van der Waals surface area contributed by atoms with Crippen LogP contribution in [0.4, 0.5) is 19.0 Å². The highest BCUT2D eigenvalue weighted by atomic mass is 19.3. The van der Waals surface area contributed by atoms with E-state index < -0.39 is 6.43 Å². The lowest BCUT2D eigenvalue weighted by molar-refractivity contribution is 0.142. The van der Waals surface area contributed by atoms with Crippen LogP contribution in [0, 0.1) is 12.7 Å². The predicted octanol–water partition coefficient (Wildman–Crippen LogP) is 4.23. The molecule has 4 aromatic rings. The molecule has 0 radical (unpaired) electrons. The fourth-order valence-corrected chi connectivity index (χ4v) is 2.96. The molecule has 3 aromatic heterocycles. The molecule has 0 saturated heterocycles. The first-order valence-corrected chi connectivity index (χ1v) is 8.60. The van der Waals surface area contributed by atoms with E-state index in [1.165, 1.54) is 30.5 Å². The van der Waals surface area contributed by atoms with Gasteiger partial charge in [-0.25, -0.2) is 22.8 Å². The van der Waals surface area contributed by atoms with Crippen LogP contribution in [-0.2, 0) is 0 Å². The first-order chi connectivity index (χ1) is 13.9. The van der Waals surface area contributed by atoms with E-state index in [0.29, 0.717) is 28.0 Å². The van der Waals surface area contributed by atoms with Crippen molar-refractivity contribution in [1.29, 1.82) is 0 Å². The molecule has 0 aliphatic carbocycles. The smallest absolute Gasteiger partial charge is 0.280 e. The highest BCUT2D eigenvalue weighted by Crippen LogP contribution is 2.26. The number of halogens is 3. The van der Waals surface area contributed by atoms with Gasteiger partial charge in [-0.05, 0) is 43.3 Å². The van der Waals surface area contributed by atoms with E-state index in [-0.39, 0.29) is 23.1 Å². The molecule has 0 fully saturated rings. The van der Waals surface area contributed by atoms with Gasteiger partial charge in [-0.2, -0.15) is 10.2 Å². The zero-order chi connectivity index (χ0) is 20.5. The van der Waals surface area contributed by atoms with E-state index >= 15 is 0 Å². The number of anilines is 1. The summed E-state index contributed by atoms with van der Waals surface area (Å²) < 4.78 is 41.0. The molecule has 0 unspecified atom stereocenters. The maximum Gasteiger partial charge on any atom is 0.280 e. The zero-order valence-electron chi connectivity index (χ0n) is 15.2. The highest BCUT2D eigenvalue weighted by molar-refractivity contribution is 5.90. The van der Waals surface area contributed by atoms with Crippen molar-refractivity contribution in [2.24, 2.45) is 0 Å². The number of hydrogen-bond acceptors (Lipinski definition) is 4. The van der Waals surface area contributed by atoms with Gasteiger partial charge in [-0.15, -0.1) is 0 Å². The van der Waals surface area contributed by atoms with E-state index in [0.717, 1.165) is 4.68 Å². The monoisotopic (exact) mass is 399 g/mol. The summed E-state index contributed by atoms with van der Waals surface area (Å²) in [6.45, 7) is 1.61. The molecule has 0 amide bonds. The molecule has 0 aliphatic rings. The topological polar surface area (TPSA) is 101 Å².